The van der Waals surface area contributed by atoms with Gasteiger partial charge in [0.15, 0.2) is 0 Å². The summed E-state index contributed by atoms with van der Waals surface area (Å²) in [7, 11) is 0. The molecule has 0 aliphatic heterocycles. The number of aryl methyl sites for hydroxylation is 2. The molecule has 0 fully saturated rings. The minimum absolute atomic E-state index is 0.250. The molecule has 2 nitrogen and oxygen atoms in total. The lowest BCUT2D eigenvalue weighted by Crippen LogP contribution is -2.29. The first-order valence-electron chi connectivity index (χ1n) is 8.65. The predicted octanol–water partition coefficient (Wildman–Crippen LogP) is 4.80. The molecule has 1 aromatic heterocycles. The Morgan fingerprint density at radius 3 is 2.62 bits per heavy atom. The van der Waals surface area contributed by atoms with Crippen molar-refractivity contribution in [1.29, 1.82) is 0 Å². The van der Waals surface area contributed by atoms with E-state index in [0.29, 0.717) is 0 Å². The lowest BCUT2D eigenvalue weighted by molar-refractivity contribution is 0.559. The van der Waals surface area contributed by atoms with Gasteiger partial charge in [0.25, 0.3) is 0 Å². The second-order valence-electron chi connectivity index (χ2n) is 6.49. The lowest BCUT2D eigenvalue weighted by Gasteiger charge is -2.20. The average molecular weight is 305 g/mol. The largest absolute Gasteiger partial charge is 0.271 e. The number of allylic oxidation sites excluding steroid dienone is 1. The summed E-state index contributed by atoms with van der Waals surface area (Å²) in [5.74, 6) is 5.93. The smallest absolute Gasteiger partial charge is 0.0762 e. The van der Waals surface area contributed by atoms with Gasteiger partial charge in [-0.15, -0.1) is 11.3 Å². The number of fused-ring (bicyclic) bond motifs is 1. The monoisotopic (exact) mass is 304 g/mol. The molecule has 3 N–H and O–H groups in total. The van der Waals surface area contributed by atoms with Crippen LogP contribution in [0.5, 0.6) is 0 Å². The van der Waals surface area contributed by atoms with Crippen molar-refractivity contribution in [2.45, 2.75) is 76.7 Å². The van der Waals surface area contributed by atoms with Gasteiger partial charge in [-0.1, -0.05) is 30.9 Å². The molecule has 0 saturated carbocycles. The Bertz CT molecular complexity index is 466. The van der Waals surface area contributed by atoms with E-state index >= 15 is 0 Å². The zero-order chi connectivity index (χ0) is 14.5. The standard InChI is InChI=1S/C18H28N2S/c19-20-18(14-9-5-2-1-3-6-10-14)17-13-15-11-7-4-8-12-16(15)21-17/h9,13,18,20H,1-8,10-12,19H2. The number of hydrazine groups is 1. The van der Waals surface area contributed by atoms with Crippen LogP contribution in [-0.2, 0) is 12.8 Å². The first-order valence-corrected chi connectivity index (χ1v) is 9.46. The summed E-state index contributed by atoms with van der Waals surface area (Å²) in [5.41, 5.74) is 6.22. The minimum Gasteiger partial charge on any atom is -0.271 e. The molecule has 1 aromatic rings. The maximum Gasteiger partial charge on any atom is 0.0762 e. The van der Waals surface area contributed by atoms with Gasteiger partial charge in [-0.25, -0.2) is 5.43 Å². The third-order valence-electron chi connectivity index (χ3n) is 4.91. The van der Waals surface area contributed by atoms with Gasteiger partial charge in [0.2, 0.25) is 0 Å². The second kappa shape index (κ2) is 7.57. The highest BCUT2D eigenvalue weighted by Crippen LogP contribution is 2.36. The van der Waals surface area contributed by atoms with Crippen LogP contribution < -0.4 is 11.3 Å². The summed E-state index contributed by atoms with van der Waals surface area (Å²) < 4.78 is 0. The molecule has 0 spiro atoms. The Kier molecular flexibility index (Phi) is 5.50. The van der Waals surface area contributed by atoms with Crippen molar-refractivity contribution >= 4 is 11.3 Å². The van der Waals surface area contributed by atoms with Crippen molar-refractivity contribution in [1.82, 2.24) is 5.43 Å². The molecule has 3 rings (SSSR count). The van der Waals surface area contributed by atoms with Crippen LogP contribution in [0.3, 0.4) is 0 Å². The van der Waals surface area contributed by atoms with Crippen molar-refractivity contribution < 1.29 is 0 Å². The maximum atomic E-state index is 5.93. The Morgan fingerprint density at radius 2 is 1.71 bits per heavy atom. The number of nitrogens with two attached hydrogens (primary N) is 1. The zero-order valence-electron chi connectivity index (χ0n) is 13.0. The molecular weight excluding hydrogens is 276 g/mol. The van der Waals surface area contributed by atoms with Crippen molar-refractivity contribution in [3.8, 4) is 0 Å². The minimum atomic E-state index is 0.250. The summed E-state index contributed by atoms with van der Waals surface area (Å²) in [5, 5.41) is 0. The second-order valence-corrected chi connectivity index (χ2v) is 7.66. The number of thiophene rings is 1. The van der Waals surface area contributed by atoms with Gasteiger partial charge in [0.05, 0.1) is 6.04 Å². The first kappa shape index (κ1) is 15.3. The fourth-order valence-corrected chi connectivity index (χ4v) is 5.04. The molecular formula is C18H28N2S. The quantitative estimate of drug-likeness (QED) is 0.364. The van der Waals surface area contributed by atoms with Crippen molar-refractivity contribution in [3.05, 3.63) is 33.0 Å². The number of hydrogen-bond acceptors (Lipinski definition) is 3. The molecule has 21 heavy (non-hydrogen) atoms. The van der Waals surface area contributed by atoms with Crippen molar-refractivity contribution in [2.75, 3.05) is 0 Å². The molecule has 1 atom stereocenters. The van der Waals surface area contributed by atoms with E-state index in [1.807, 2.05) is 11.3 Å². The highest BCUT2D eigenvalue weighted by atomic mass is 32.1. The molecule has 0 radical (unpaired) electrons. The van der Waals surface area contributed by atoms with Crippen LogP contribution >= 0.6 is 11.3 Å². The van der Waals surface area contributed by atoms with Gasteiger partial charge >= 0.3 is 0 Å². The van der Waals surface area contributed by atoms with Crippen molar-refractivity contribution in [3.63, 3.8) is 0 Å². The Hall–Kier alpha value is -0.640. The fourth-order valence-electron chi connectivity index (χ4n) is 3.68. The first-order chi connectivity index (χ1) is 10.4. The zero-order valence-corrected chi connectivity index (χ0v) is 13.8. The Balaban J connectivity index is 1.82. The fraction of sp³-hybridized carbons (Fsp3) is 0.667. The summed E-state index contributed by atoms with van der Waals surface area (Å²) in [4.78, 5) is 3.06. The third kappa shape index (κ3) is 3.77. The summed E-state index contributed by atoms with van der Waals surface area (Å²) in [6.45, 7) is 0. The molecule has 3 heteroatoms. The van der Waals surface area contributed by atoms with Gasteiger partial charge in [-0.2, -0.15) is 0 Å². The Labute approximate surface area is 132 Å². The highest BCUT2D eigenvalue weighted by Gasteiger charge is 2.21. The summed E-state index contributed by atoms with van der Waals surface area (Å²) in [6.07, 6.45) is 16.9. The van der Waals surface area contributed by atoms with Crippen LogP contribution in [0.15, 0.2) is 17.7 Å². The number of hydrogen-bond donors (Lipinski definition) is 2. The van der Waals surface area contributed by atoms with E-state index in [4.69, 9.17) is 5.84 Å². The van der Waals surface area contributed by atoms with Gasteiger partial charge in [-0.3, -0.25) is 5.84 Å². The lowest BCUT2D eigenvalue weighted by atomic mass is 9.94. The van der Waals surface area contributed by atoms with E-state index < -0.39 is 0 Å². The van der Waals surface area contributed by atoms with Crippen LogP contribution in [0.25, 0.3) is 0 Å². The van der Waals surface area contributed by atoms with E-state index in [1.165, 1.54) is 81.1 Å². The normalized spacial score (nSPS) is 21.7. The topological polar surface area (TPSA) is 38.0 Å². The number of rotatable bonds is 3. The van der Waals surface area contributed by atoms with Gasteiger partial charge in [-0.05, 0) is 63.0 Å². The molecule has 0 aromatic carbocycles. The molecule has 2 aliphatic carbocycles. The SMILES string of the molecule is NNC(C1=CCCCCCC1)c1cc2c(s1)CCCCC2. The number of nitrogens with one attached hydrogen (secondary N) is 1. The molecule has 1 heterocycles. The van der Waals surface area contributed by atoms with Crippen LogP contribution in [0.2, 0.25) is 0 Å². The average Bonchev–Trinajstić information content (AvgIpc) is 2.72. The van der Waals surface area contributed by atoms with E-state index in [1.54, 1.807) is 10.4 Å². The third-order valence-corrected chi connectivity index (χ3v) is 6.22. The summed E-state index contributed by atoms with van der Waals surface area (Å²) >= 11 is 2.00. The van der Waals surface area contributed by atoms with Crippen LogP contribution in [0, 0.1) is 0 Å². The predicted molar refractivity (Wildman–Crippen MR) is 91.4 cm³/mol. The van der Waals surface area contributed by atoms with E-state index in [-0.39, 0.29) is 6.04 Å². The van der Waals surface area contributed by atoms with E-state index in [0.717, 1.165) is 0 Å². The van der Waals surface area contributed by atoms with Gasteiger partial charge in [0, 0.05) is 9.75 Å². The molecule has 0 saturated heterocycles. The molecule has 116 valence electrons. The Morgan fingerprint density at radius 1 is 0.952 bits per heavy atom. The van der Waals surface area contributed by atoms with Gasteiger partial charge in [0.1, 0.15) is 0 Å². The van der Waals surface area contributed by atoms with Crippen LogP contribution in [-0.4, -0.2) is 0 Å². The van der Waals surface area contributed by atoms with Crippen LogP contribution in [0.4, 0.5) is 0 Å². The van der Waals surface area contributed by atoms with E-state index in [2.05, 4.69) is 17.6 Å². The summed E-state index contributed by atoms with van der Waals surface area (Å²) in [6, 6.07) is 2.69. The van der Waals surface area contributed by atoms with Crippen LogP contribution in [0.1, 0.15) is 79.1 Å². The van der Waals surface area contributed by atoms with Gasteiger partial charge < -0.3 is 0 Å². The molecule has 0 bridgehead atoms. The highest BCUT2D eigenvalue weighted by molar-refractivity contribution is 7.12. The van der Waals surface area contributed by atoms with Crippen molar-refractivity contribution in [2.24, 2.45) is 5.84 Å². The molecule has 0 amide bonds. The molecule has 1 unspecified atom stereocenters. The van der Waals surface area contributed by atoms with E-state index in [9.17, 15) is 0 Å². The maximum absolute atomic E-state index is 5.93. The molecule has 2 aliphatic rings.